The number of halogens is 1. The minimum Gasteiger partial charge on any atom is -0.493 e. The van der Waals surface area contributed by atoms with Gasteiger partial charge in [0.15, 0.2) is 11.5 Å². The fraction of sp³-hybridized carbons (Fsp3) is 0.118. The Morgan fingerprint density at radius 2 is 1.92 bits per heavy atom. The lowest BCUT2D eigenvalue weighted by Crippen LogP contribution is -2.09. The first-order valence-corrected chi connectivity index (χ1v) is 7.59. The molecule has 0 saturated heterocycles. The number of aromatic nitrogens is 1. The Morgan fingerprint density at radius 1 is 1.12 bits per heavy atom. The molecule has 1 aromatic carbocycles. The zero-order valence-corrected chi connectivity index (χ0v) is 14.6. The van der Waals surface area contributed by atoms with Gasteiger partial charge < -0.3 is 14.2 Å². The normalized spacial score (nSPS) is 10.5. The monoisotopic (exact) mass is 391 g/mol. The van der Waals surface area contributed by atoms with Gasteiger partial charge in [-0.2, -0.15) is 0 Å². The molecule has 2 rings (SSSR count). The van der Waals surface area contributed by atoms with E-state index in [0.29, 0.717) is 21.3 Å². The molecule has 0 spiro atoms. The Labute approximate surface area is 147 Å². The second-order valence-corrected chi connectivity index (χ2v) is 5.46. The summed E-state index contributed by atoms with van der Waals surface area (Å²) in [6, 6.07) is 6.51. The van der Waals surface area contributed by atoms with E-state index in [9.17, 15) is 9.59 Å². The predicted octanol–water partition coefficient (Wildman–Crippen LogP) is 3.26. The van der Waals surface area contributed by atoms with Crippen LogP contribution in [-0.4, -0.2) is 31.1 Å². The smallest absolute Gasteiger partial charge is 0.345 e. The first-order valence-electron chi connectivity index (χ1n) is 6.80. The van der Waals surface area contributed by atoms with E-state index < -0.39 is 11.9 Å². The van der Waals surface area contributed by atoms with E-state index in [1.54, 1.807) is 36.5 Å². The van der Waals surface area contributed by atoms with Gasteiger partial charge in [0.25, 0.3) is 0 Å². The van der Waals surface area contributed by atoms with Crippen LogP contribution >= 0.6 is 15.9 Å². The fourth-order valence-corrected chi connectivity index (χ4v) is 2.15. The standard InChI is InChI=1S/C17H14BrNO5/c1-22-15-7-11(4-6-16(20)23-2)3-5-14(15)24-17(21)12-8-13(18)10-19-9-12/h3-10H,1-2H3/b6-4+. The molecule has 0 unspecified atom stereocenters. The molecule has 1 heterocycles. The van der Waals surface area contributed by atoms with Crippen LogP contribution in [0.1, 0.15) is 15.9 Å². The van der Waals surface area contributed by atoms with Crippen molar-refractivity contribution in [1.82, 2.24) is 4.98 Å². The van der Waals surface area contributed by atoms with Crippen molar-refractivity contribution in [2.24, 2.45) is 0 Å². The van der Waals surface area contributed by atoms with Crippen molar-refractivity contribution < 1.29 is 23.8 Å². The first-order chi connectivity index (χ1) is 11.5. The molecule has 0 radical (unpaired) electrons. The van der Waals surface area contributed by atoms with Gasteiger partial charge in [-0.3, -0.25) is 4.98 Å². The maximum Gasteiger partial charge on any atom is 0.345 e. The lowest BCUT2D eigenvalue weighted by atomic mass is 10.2. The van der Waals surface area contributed by atoms with Crippen molar-refractivity contribution in [1.29, 1.82) is 0 Å². The zero-order valence-electron chi connectivity index (χ0n) is 13.0. The number of nitrogens with zero attached hydrogens (tertiary/aromatic N) is 1. The number of methoxy groups -OCH3 is 2. The Morgan fingerprint density at radius 3 is 2.58 bits per heavy atom. The molecule has 24 heavy (non-hydrogen) atoms. The number of hydrogen-bond acceptors (Lipinski definition) is 6. The molecule has 0 atom stereocenters. The molecule has 0 fully saturated rings. The third-order valence-corrected chi connectivity index (χ3v) is 3.38. The van der Waals surface area contributed by atoms with Gasteiger partial charge in [0, 0.05) is 22.9 Å². The lowest BCUT2D eigenvalue weighted by molar-refractivity contribution is -0.134. The number of esters is 2. The van der Waals surface area contributed by atoms with Crippen molar-refractivity contribution in [2.45, 2.75) is 0 Å². The summed E-state index contributed by atoms with van der Waals surface area (Å²) in [6.07, 6.45) is 5.83. The summed E-state index contributed by atoms with van der Waals surface area (Å²) >= 11 is 3.25. The van der Waals surface area contributed by atoms with Crippen LogP contribution in [0.2, 0.25) is 0 Å². The highest BCUT2D eigenvalue weighted by Crippen LogP contribution is 2.29. The van der Waals surface area contributed by atoms with Crippen LogP contribution in [-0.2, 0) is 9.53 Å². The highest BCUT2D eigenvalue weighted by atomic mass is 79.9. The van der Waals surface area contributed by atoms with Gasteiger partial charge in [0.05, 0.1) is 19.8 Å². The van der Waals surface area contributed by atoms with Gasteiger partial charge in [0.1, 0.15) is 0 Å². The van der Waals surface area contributed by atoms with Crippen LogP contribution in [0.3, 0.4) is 0 Å². The summed E-state index contributed by atoms with van der Waals surface area (Å²) in [5.41, 5.74) is 1.00. The van der Waals surface area contributed by atoms with Gasteiger partial charge in [-0.15, -0.1) is 0 Å². The number of rotatable bonds is 5. The minimum atomic E-state index is -0.556. The summed E-state index contributed by atoms with van der Waals surface area (Å²) in [6.45, 7) is 0. The predicted molar refractivity (Wildman–Crippen MR) is 90.9 cm³/mol. The highest BCUT2D eigenvalue weighted by Gasteiger charge is 2.13. The van der Waals surface area contributed by atoms with E-state index in [-0.39, 0.29) is 5.75 Å². The third kappa shape index (κ3) is 4.66. The molecule has 124 valence electrons. The maximum atomic E-state index is 12.2. The number of ether oxygens (including phenoxy) is 3. The number of carbonyl (C=O) groups is 2. The van der Waals surface area contributed by atoms with Crippen LogP contribution in [0.4, 0.5) is 0 Å². The number of pyridine rings is 1. The van der Waals surface area contributed by atoms with Crippen LogP contribution < -0.4 is 9.47 Å². The molecule has 0 aliphatic rings. The van der Waals surface area contributed by atoms with Crippen molar-refractivity contribution in [3.05, 3.63) is 58.3 Å². The lowest BCUT2D eigenvalue weighted by Gasteiger charge is -2.10. The van der Waals surface area contributed by atoms with Gasteiger partial charge in [-0.05, 0) is 45.8 Å². The van der Waals surface area contributed by atoms with E-state index in [4.69, 9.17) is 9.47 Å². The molecule has 2 aromatic rings. The van der Waals surface area contributed by atoms with E-state index >= 15 is 0 Å². The van der Waals surface area contributed by atoms with E-state index in [1.165, 1.54) is 26.5 Å². The summed E-state index contributed by atoms with van der Waals surface area (Å²) in [4.78, 5) is 27.2. The number of hydrogen-bond donors (Lipinski definition) is 0. The van der Waals surface area contributed by atoms with Crippen molar-refractivity contribution in [3.8, 4) is 11.5 Å². The number of carbonyl (C=O) groups excluding carboxylic acids is 2. The van der Waals surface area contributed by atoms with Gasteiger partial charge in [-0.25, -0.2) is 9.59 Å². The van der Waals surface area contributed by atoms with E-state index in [2.05, 4.69) is 25.7 Å². The Bertz CT molecular complexity index is 788. The third-order valence-electron chi connectivity index (χ3n) is 2.94. The summed E-state index contributed by atoms with van der Waals surface area (Å²) in [5.74, 6) is -0.400. The average molecular weight is 392 g/mol. The van der Waals surface area contributed by atoms with Gasteiger partial charge in [0.2, 0.25) is 0 Å². The molecule has 0 N–H and O–H groups in total. The molecule has 0 bridgehead atoms. The topological polar surface area (TPSA) is 74.7 Å². The molecule has 0 aliphatic heterocycles. The summed E-state index contributed by atoms with van der Waals surface area (Å²) in [7, 11) is 2.76. The van der Waals surface area contributed by atoms with Gasteiger partial charge in [-0.1, -0.05) is 6.07 Å². The summed E-state index contributed by atoms with van der Waals surface area (Å²) < 4.78 is 15.8. The quantitative estimate of drug-likeness (QED) is 0.442. The minimum absolute atomic E-state index is 0.262. The fourth-order valence-electron chi connectivity index (χ4n) is 1.79. The molecule has 0 saturated carbocycles. The molecule has 7 heteroatoms. The van der Waals surface area contributed by atoms with Crippen LogP contribution in [0.5, 0.6) is 11.5 Å². The second kappa shape index (κ2) is 8.26. The van der Waals surface area contributed by atoms with Gasteiger partial charge >= 0.3 is 11.9 Å². The first kappa shape index (κ1) is 17.7. The van der Waals surface area contributed by atoms with Crippen LogP contribution in [0.25, 0.3) is 6.08 Å². The van der Waals surface area contributed by atoms with E-state index in [1.807, 2.05) is 0 Å². The number of benzene rings is 1. The van der Waals surface area contributed by atoms with E-state index in [0.717, 1.165) is 0 Å². The maximum absolute atomic E-state index is 12.2. The van der Waals surface area contributed by atoms with Crippen LogP contribution in [0.15, 0.2) is 47.2 Å². The van der Waals surface area contributed by atoms with Crippen molar-refractivity contribution >= 4 is 33.9 Å². The molecule has 0 aliphatic carbocycles. The van der Waals surface area contributed by atoms with Crippen molar-refractivity contribution in [2.75, 3.05) is 14.2 Å². The zero-order chi connectivity index (χ0) is 17.5. The molecular weight excluding hydrogens is 378 g/mol. The second-order valence-electron chi connectivity index (χ2n) is 4.55. The van der Waals surface area contributed by atoms with Crippen LogP contribution in [0, 0.1) is 0 Å². The molecular formula is C17H14BrNO5. The Balaban J connectivity index is 2.20. The SMILES string of the molecule is COC(=O)/C=C/c1ccc(OC(=O)c2cncc(Br)c2)c(OC)c1. The average Bonchev–Trinajstić information content (AvgIpc) is 2.60. The highest BCUT2D eigenvalue weighted by molar-refractivity contribution is 9.10. The molecule has 0 amide bonds. The largest absolute Gasteiger partial charge is 0.493 e. The Kier molecular flexibility index (Phi) is 6.08. The Hall–Kier alpha value is -2.67. The van der Waals surface area contributed by atoms with Crippen molar-refractivity contribution in [3.63, 3.8) is 0 Å². The molecule has 6 nitrogen and oxygen atoms in total. The summed E-state index contributed by atoms with van der Waals surface area (Å²) in [5, 5.41) is 0. The molecule has 1 aromatic heterocycles.